The van der Waals surface area contributed by atoms with Gasteiger partial charge in [0.05, 0.1) is 0 Å². The molecule has 0 aliphatic carbocycles. The van der Waals surface area contributed by atoms with Gasteiger partial charge in [-0.25, -0.2) is 4.39 Å². The van der Waals surface area contributed by atoms with Crippen LogP contribution in [0.3, 0.4) is 0 Å². The van der Waals surface area contributed by atoms with Crippen LogP contribution >= 0.6 is 15.9 Å². The van der Waals surface area contributed by atoms with Crippen LogP contribution in [-0.4, -0.2) is 35.9 Å². The van der Waals surface area contributed by atoms with Crippen LogP contribution in [-0.2, 0) is 16.1 Å². The second kappa shape index (κ2) is 12.6. The van der Waals surface area contributed by atoms with E-state index in [1.165, 1.54) is 17.0 Å². The first-order valence-electron chi connectivity index (χ1n) is 11.0. The minimum atomic E-state index is -0.638. The summed E-state index contributed by atoms with van der Waals surface area (Å²) in [5, 5.41) is 2.92. The van der Waals surface area contributed by atoms with E-state index in [1.54, 1.807) is 12.1 Å². The van der Waals surface area contributed by atoms with Crippen LogP contribution in [0, 0.1) is 19.7 Å². The number of carbonyl (C=O) groups is 2. The van der Waals surface area contributed by atoms with Crippen LogP contribution in [0.4, 0.5) is 4.39 Å². The number of nitrogens with zero attached hydrogens (tertiary/aromatic N) is 1. The Labute approximate surface area is 198 Å². The molecular weight excluding hydrogens is 475 g/mol. The first-order chi connectivity index (χ1) is 15.3. The Balaban J connectivity index is 2.20. The Morgan fingerprint density at radius 2 is 1.75 bits per heavy atom. The number of rotatable bonds is 11. The average Bonchev–Trinajstić information content (AvgIpc) is 2.77. The summed E-state index contributed by atoms with van der Waals surface area (Å²) < 4.78 is 20.1. The lowest BCUT2D eigenvalue weighted by Gasteiger charge is -2.30. The molecule has 7 heteroatoms. The Morgan fingerprint density at radius 3 is 2.31 bits per heavy atom. The molecule has 0 fully saturated rings. The van der Waals surface area contributed by atoms with Crippen molar-refractivity contribution in [2.24, 2.45) is 0 Å². The standard InChI is InChI=1S/C25H32BrFN2O3/c1-5-7-12-28-25(31)22(6-2)29(15-19-8-10-20(27)11-9-19)23(30)16-32-21-13-17(3)24(26)18(4)14-21/h8-11,13-14,22H,5-7,12,15-16H2,1-4H3,(H,28,31)/t22-/m1/s1. The molecule has 2 amide bonds. The van der Waals surface area contributed by atoms with Gasteiger partial charge in [-0.2, -0.15) is 0 Å². The minimum absolute atomic E-state index is 0.188. The summed E-state index contributed by atoms with van der Waals surface area (Å²) in [6, 6.07) is 9.04. The molecule has 0 aliphatic heterocycles. The fourth-order valence-electron chi connectivity index (χ4n) is 3.43. The molecule has 0 saturated carbocycles. The van der Waals surface area contributed by atoms with E-state index in [0.717, 1.165) is 34.0 Å². The summed E-state index contributed by atoms with van der Waals surface area (Å²) in [7, 11) is 0. The lowest BCUT2D eigenvalue weighted by molar-refractivity contribution is -0.143. The molecule has 0 spiro atoms. The lowest BCUT2D eigenvalue weighted by atomic mass is 10.1. The summed E-state index contributed by atoms with van der Waals surface area (Å²) in [6.07, 6.45) is 2.30. The van der Waals surface area contributed by atoms with Gasteiger partial charge >= 0.3 is 0 Å². The molecule has 0 unspecified atom stereocenters. The van der Waals surface area contributed by atoms with Crippen molar-refractivity contribution in [1.29, 1.82) is 0 Å². The lowest BCUT2D eigenvalue weighted by Crippen LogP contribution is -2.50. The zero-order chi connectivity index (χ0) is 23.7. The average molecular weight is 507 g/mol. The fraction of sp³-hybridized carbons (Fsp3) is 0.440. The number of hydrogen-bond acceptors (Lipinski definition) is 3. The summed E-state index contributed by atoms with van der Waals surface area (Å²) >= 11 is 3.53. The smallest absolute Gasteiger partial charge is 0.261 e. The molecule has 0 aromatic heterocycles. The van der Waals surface area contributed by atoms with Gasteiger partial charge < -0.3 is 15.0 Å². The normalized spacial score (nSPS) is 11.7. The highest BCUT2D eigenvalue weighted by Crippen LogP contribution is 2.26. The van der Waals surface area contributed by atoms with Crippen LogP contribution < -0.4 is 10.1 Å². The van der Waals surface area contributed by atoms with Gasteiger partial charge in [0.1, 0.15) is 17.6 Å². The van der Waals surface area contributed by atoms with Crippen molar-refractivity contribution in [3.8, 4) is 5.75 Å². The van der Waals surface area contributed by atoms with E-state index in [2.05, 4.69) is 28.2 Å². The summed E-state index contributed by atoms with van der Waals surface area (Å²) in [5.74, 6) is -0.240. The van der Waals surface area contributed by atoms with Crippen LogP contribution in [0.2, 0.25) is 0 Å². The van der Waals surface area contributed by atoms with Crippen LogP contribution in [0.15, 0.2) is 40.9 Å². The summed E-state index contributed by atoms with van der Waals surface area (Å²) in [6.45, 7) is 8.41. The summed E-state index contributed by atoms with van der Waals surface area (Å²) in [4.78, 5) is 27.5. The third-order valence-corrected chi connectivity index (χ3v) is 6.50. The van der Waals surface area contributed by atoms with E-state index in [9.17, 15) is 14.0 Å². The first kappa shape index (κ1) is 25.8. The van der Waals surface area contributed by atoms with Crippen LogP contribution in [0.25, 0.3) is 0 Å². The molecular formula is C25H32BrFN2O3. The molecule has 2 aromatic carbocycles. The molecule has 0 aliphatic rings. The predicted molar refractivity (Wildman–Crippen MR) is 128 cm³/mol. The van der Waals surface area contributed by atoms with Crippen molar-refractivity contribution in [3.63, 3.8) is 0 Å². The topological polar surface area (TPSA) is 58.6 Å². The van der Waals surface area contributed by atoms with E-state index >= 15 is 0 Å². The molecule has 1 atom stereocenters. The zero-order valence-corrected chi connectivity index (χ0v) is 20.8. The van der Waals surface area contributed by atoms with Gasteiger partial charge in [0, 0.05) is 17.6 Å². The fourth-order valence-corrected chi connectivity index (χ4v) is 3.66. The van der Waals surface area contributed by atoms with Gasteiger partial charge in [0.25, 0.3) is 5.91 Å². The molecule has 0 radical (unpaired) electrons. The van der Waals surface area contributed by atoms with Crippen molar-refractivity contribution in [2.75, 3.05) is 13.2 Å². The molecule has 2 rings (SSSR count). The van der Waals surface area contributed by atoms with E-state index < -0.39 is 6.04 Å². The Bertz CT molecular complexity index is 895. The SMILES string of the molecule is CCCCNC(=O)[C@@H](CC)N(Cc1ccc(F)cc1)C(=O)COc1cc(C)c(Br)c(C)c1. The second-order valence-corrected chi connectivity index (χ2v) is 8.67. The van der Waals surface area contributed by atoms with E-state index in [4.69, 9.17) is 4.74 Å². The van der Waals surface area contributed by atoms with Crippen molar-refractivity contribution in [1.82, 2.24) is 10.2 Å². The third-order valence-electron chi connectivity index (χ3n) is 5.25. The Morgan fingerprint density at radius 1 is 1.12 bits per heavy atom. The van der Waals surface area contributed by atoms with Crippen LogP contribution in [0.1, 0.15) is 49.8 Å². The molecule has 32 heavy (non-hydrogen) atoms. The molecule has 5 nitrogen and oxygen atoms in total. The molecule has 0 saturated heterocycles. The highest BCUT2D eigenvalue weighted by molar-refractivity contribution is 9.10. The number of carbonyl (C=O) groups excluding carboxylic acids is 2. The number of nitrogens with one attached hydrogen (secondary N) is 1. The third kappa shape index (κ3) is 7.33. The highest BCUT2D eigenvalue weighted by atomic mass is 79.9. The predicted octanol–water partition coefficient (Wildman–Crippen LogP) is 5.31. The Hall–Kier alpha value is -2.41. The van der Waals surface area contributed by atoms with Gasteiger partial charge in [-0.1, -0.05) is 48.3 Å². The van der Waals surface area contributed by atoms with E-state index in [-0.39, 0.29) is 30.8 Å². The van der Waals surface area contributed by atoms with Crippen molar-refractivity contribution in [3.05, 3.63) is 63.4 Å². The first-order valence-corrected chi connectivity index (χ1v) is 11.8. The maximum absolute atomic E-state index is 13.3. The molecule has 0 heterocycles. The Kier molecular flexibility index (Phi) is 10.2. The monoisotopic (exact) mass is 506 g/mol. The number of benzene rings is 2. The quantitative estimate of drug-likeness (QED) is 0.420. The van der Waals surface area contributed by atoms with Crippen LogP contribution in [0.5, 0.6) is 5.75 Å². The van der Waals surface area contributed by atoms with Crippen molar-refractivity contribution in [2.45, 2.75) is 59.5 Å². The van der Waals surface area contributed by atoms with Crippen molar-refractivity contribution < 1.29 is 18.7 Å². The molecule has 174 valence electrons. The minimum Gasteiger partial charge on any atom is -0.484 e. The number of unbranched alkanes of at least 4 members (excludes halogenated alkanes) is 1. The van der Waals surface area contributed by atoms with Gasteiger partial charge in [0.15, 0.2) is 6.61 Å². The number of amides is 2. The molecule has 0 bridgehead atoms. The van der Waals surface area contributed by atoms with Gasteiger partial charge in [0.2, 0.25) is 5.91 Å². The molecule has 2 aromatic rings. The number of aryl methyl sites for hydroxylation is 2. The zero-order valence-electron chi connectivity index (χ0n) is 19.2. The van der Waals surface area contributed by atoms with Crippen molar-refractivity contribution >= 4 is 27.7 Å². The second-order valence-electron chi connectivity index (χ2n) is 7.88. The maximum Gasteiger partial charge on any atom is 0.261 e. The largest absolute Gasteiger partial charge is 0.484 e. The van der Waals surface area contributed by atoms with Gasteiger partial charge in [-0.15, -0.1) is 0 Å². The number of ether oxygens (including phenoxy) is 1. The molecule has 1 N–H and O–H groups in total. The van der Waals surface area contributed by atoms with Gasteiger partial charge in [-0.05, 0) is 67.6 Å². The number of halogens is 2. The van der Waals surface area contributed by atoms with E-state index in [0.29, 0.717) is 18.7 Å². The maximum atomic E-state index is 13.3. The van der Waals surface area contributed by atoms with Gasteiger partial charge in [-0.3, -0.25) is 9.59 Å². The van der Waals surface area contributed by atoms with E-state index in [1.807, 2.05) is 32.9 Å². The number of hydrogen-bond donors (Lipinski definition) is 1. The summed E-state index contributed by atoms with van der Waals surface area (Å²) in [5.41, 5.74) is 2.77. The highest BCUT2D eigenvalue weighted by Gasteiger charge is 2.28.